The number of hydrogen-bond acceptors (Lipinski definition) is 7. The highest BCUT2D eigenvalue weighted by Gasteiger charge is 2.12. The van der Waals surface area contributed by atoms with Crippen molar-refractivity contribution in [1.29, 1.82) is 0 Å². The van der Waals surface area contributed by atoms with Gasteiger partial charge in [-0.2, -0.15) is 0 Å². The quantitative estimate of drug-likeness (QED) is 0.330. The molecule has 7 nitrogen and oxygen atoms in total. The Hall–Kier alpha value is -2.49. The Labute approximate surface area is 174 Å². The second kappa shape index (κ2) is 10.9. The van der Waals surface area contributed by atoms with Gasteiger partial charge in [-0.05, 0) is 37.6 Å². The van der Waals surface area contributed by atoms with Crippen LogP contribution in [0.5, 0.6) is 5.75 Å². The lowest BCUT2D eigenvalue weighted by Gasteiger charge is -2.06. The number of nitrogens with one attached hydrogen (secondary N) is 1. The van der Waals surface area contributed by atoms with Crippen molar-refractivity contribution < 1.29 is 27.5 Å². The molecule has 29 heavy (non-hydrogen) atoms. The number of sulfonamides is 1. The van der Waals surface area contributed by atoms with Crippen molar-refractivity contribution in [2.24, 2.45) is 0 Å². The van der Waals surface area contributed by atoms with E-state index >= 15 is 0 Å². The topological polar surface area (TPSA) is 98.8 Å². The molecule has 0 radical (unpaired) electrons. The lowest BCUT2D eigenvalue weighted by Crippen LogP contribution is -2.24. The first-order valence-electron chi connectivity index (χ1n) is 8.91. The largest absolute Gasteiger partial charge is 0.493 e. The first-order valence-corrected chi connectivity index (χ1v) is 11.6. The summed E-state index contributed by atoms with van der Waals surface area (Å²) in [6.45, 7) is 2.28. The average Bonchev–Trinajstić information content (AvgIpc) is 3.13. The zero-order chi connectivity index (χ0) is 21.3. The van der Waals surface area contributed by atoms with Crippen LogP contribution in [-0.2, 0) is 26.0 Å². The Morgan fingerprint density at radius 2 is 1.93 bits per heavy atom. The van der Waals surface area contributed by atoms with Crippen LogP contribution in [0.1, 0.15) is 27.0 Å². The van der Waals surface area contributed by atoms with Gasteiger partial charge in [0.25, 0.3) is 0 Å². The summed E-state index contributed by atoms with van der Waals surface area (Å²) in [5, 5.41) is 0. The summed E-state index contributed by atoms with van der Waals surface area (Å²) in [6, 6.07) is 10.7. The molecule has 0 fully saturated rings. The van der Waals surface area contributed by atoms with Gasteiger partial charge in [0.2, 0.25) is 15.8 Å². The fraction of sp³-hybridized carbons (Fsp3) is 0.300. The van der Waals surface area contributed by atoms with E-state index in [1.807, 2.05) is 25.1 Å². The second-order valence-electron chi connectivity index (χ2n) is 6.02. The van der Waals surface area contributed by atoms with Gasteiger partial charge in [-0.15, -0.1) is 11.3 Å². The number of carbonyl (C=O) groups excluding carboxylic acids is 2. The van der Waals surface area contributed by atoms with Crippen LogP contribution < -0.4 is 9.46 Å². The molecule has 0 aliphatic carbocycles. The molecule has 0 aliphatic rings. The zero-order valence-corrected chi connectivity index (χ0v) is 17.8. The summed E-state index contributed by atoms with van der Waals surface area (Å²) in [4.78, 5) is 25.4. The normalized spacial score (nSPS) is 11.5. The maximum Gasteiger partial charge on any atom is 0.331 e. The lowest BCUT2D eigenvalue weighted by atomic mass is 10.2. The summed E-state index contributed by atoms with van der Waals surface area (Å²) in [7, 11) is -3.24. The molecule has 1 heterocycles. The third-order valence-corrected chi connectivity index (χ3v) is 5.55. The predicted molar refractivity (Wildman–Crippen MR) is 113 cm³/mol. The van der Waals surface area contributed by atoms with Crippen molar-refractivity contribution in [3.05, 3.63) is 57.8 Å². The maximum absolute atomic E-state index is 12.2. The minimum Gasteiger partial charge on any atom is -0.493 e. The molecule has 0 saturated carbocycles. The van der Waals surface area contributed by atoms with Crippen LogP contribution in [-0.4, -0.2) is 46.2 Å². The van der Waals surface area contributed by atoms with E-state index in [4.69, 9.17) is 9.47 Å². The third kappa shape index (κ3) is 8.18. The van der Waals surface area contributed by atoms with Gasteiger partial charge >= 0.3 is 5.97 Å². The maximum atomic E-state index is 12.2. The molecule has 2 aromatic rings. The van der Waals surface area contributed by atoms with Crippen molar-refractivity contribution >= 4 is 39.2 Å². The summed E-state index contributed by atoms with van der Waals surface area (Å²) in [6.07, 6.45) is 4.40. The van der Waals surface area contributed by atoms with Crippen molar-refractivity contribution in [2.45, 2.75) is 13.3 Å². The number of thiophene rings is 1. The highest BCUT2D eigenvalue weighted by Crippen LogP contribution is 2.20. The van der Waals surface area contributed by atoms with Gasteiger partial charge < -0.3 is 9.47 Å². The molecule has 1 aromatic heterocycles. The molecule has 0 aliphatic heterocycles. The predicted octanol–water partition coefficient (Wildman–Crippen LogP) is 2.68. The fourth-order valence-electron chi connectivity index (χ4n) is 2.34. The first kappa shape index (κ1) is 22.8. The van der Waals surface area contributed by atoms with Crippen LogP contribution in [0.4, 0.5) is 0 Å². The number of carbonyl (C=O) groups is 2. The standard InChI is InChI=1S/C20H23NO6S2/c1-3-26-18-7-5-4-6-15(18)8-11-20(23)27-14-17(22)19-10-9-16(28-19)12-13-21-29(2,24)25/h4-11,21H,3,12-14H2,1-2H3/b11-8+. The number of esters is 1. The molecule has 1 aromatic carbocycles. The van der Waals surface area contributed by atoms with Gasteiger partial charge in [0.05, 0.1) is 17.7 Å². The van der Waals surface area contributed by atoms with Crippen LogP contribution in [0, 0.1) is 0 Å². The molecular formula is C20H23NO6S2. The number of ketones is 1. The zero-order valence-electron chi connectivity index (χ0n) is 16.2. The minimum atomic E-state index is -3.24. The Morgan fingerprint density at radius 3 is 2.66 bits per heavy atom. The van der Waals surface area contributed by atoms with Crippen LogP contribution in [0.2, 0.25) is 0 Å². The van der Waals surface area contributed by atoms with E-state index in [-0.39, 0.29) is 18.9 Å². The Bertz CT molecular complexity index is 978. The Morgan fingerprint density at radius 1 is 1.17 bits per heavy atom. The molecule has 0 unspecified atom stereocenters. The van der Waals surface area contributed by atoms with Gasteiger partial charge in [-0.3, -0.25) is 4.79 Å². The van der Waals surface area contributed by atoms with E-state index < -0.39 is 16.0 Å². The molecule has 1 N–H and O–H groups in total. The first-order chi connectivity index (χ1) is 13.8. The van der Waals surface area contributed by atoms with E-state index in [2.05, 4.69) is 4.72 Å². The number of para-hydroxylation sites is 1. The van der Waals surface area contributed by atoms with E-state index in [1.165, 1.54) is 17.4 Å². The van der Waals surface area contributed by atoms with E-state index in [1.54, 1.807) is 24.3 Å². The van der Waals surface area contributed by atoms with Gasteiger partial charge in [0, 0.05) is 23.1 Å². The van der Waals surface area contributed by atoms with Crippen molar-refractivity contribution in [2.75, 3.05) is 26.0 Å². The molecule has 9 heteroatoms. The van der Waals surface area contributed by atoms with Crippen LogP contribution >= 0.6 is 11.3 Å². The van der Waals surface area contributed by atoms with Gasteiger partial charge in [0.15, 0.2) is 6.61 Å². The summed E-state index contributed by atoms with van der Waals surface area (Å²) in [5.41, 5.74) is 0.739. The molecule has 156 valence electrons. The summed E-state index contributed by atoms with van der Waals surface area (Å²) < 4.78 is 35.0. The fourth-order valence-corrected chi connectivity index (χ4v) is 3.75. The molecule has 2 rings (SSSR count). The minimum absolute atomic E-state index is 0.260. The monoisotopic (exact) mass is 437 g/mol. The van der Waals surface area contributed by atoms with Gasteiger partial charge in [0.1, 0.15) is 5.75 Å². The molecule has 0 amide bonds. The van der Waals surface area contributed by atoms with Crippen molar-refractivity contribution in [3.8, 4) is 5.75 Å². The van der Waals surface area contributed by atoms with Gasteiger partial charge in [-0.1, -0.05) is 18.2 Å². The summed E-state index contributed by atoms with van der Waals surface area (Å²) in [5.74, 6) is -0.279. The number of Topliss-reactive ketones (excluding diaryl/α,β-unsaturated/α-hetero) is 1. The third-order valence-electron chi connectivity index (χ3n) is 3.64. The van der Waals surface area contributed by atoms with E-state index in [0.29, 0.717) is 23.7 Å². The van der Waals surface area contributed by atoms with Crippen LogP contribution in [0.25, 0.3) is 6.08 Å². The van der Waals surface area contributed by atoms with Crippen LogP contribution in [0.15, 0.2) is 42.5 Å². The number of hydrogen-bond donors (Lipinski definition) is 1. The average molecular weight is 438 g/mol. The summed E-state index contributed by atoms with van der Waals surface area (Å²) >= 11 is 1.25. The smallest absolute Gasteiger partial charge is 0.331 e. The molecule has 0 bridgehead atoms. The lowest BCUT2D eigenvalue weighted by molar-refractivity contribution is -0.136. The molecular weight excluding hydrogens is 414 g/mol. The number of rotatable bonds is 11. The van der Waals surface area contributed by atoms with Crippen LogP contribution in [0.3, 0.4) is 0 Å². The van der Waals surface area contributed by atoms with E-state index in [0.717, 1.165) is 16.7 Å². The molecule has 0 atom stereocenters. The number of ether oxygens (including phenoxy) is 2. The SMILES string of the molecule is CCOc1ccccc1/C=C/C(=O)OCC(=O)c1ccc(CCNS(C)(=O)=O)s1. The molecule has 0 spiro atoms. The van der Waals surface area contributed by atoms with Crippen molar-refractivity contribution in [3.63, 3.8) is 0 Å². The Balaban J connectivity index is 1.84. The second-order valence-corrected chi connectivity index (χ2v) is 9.02. The van der Waals surface area contributed by atoms with Crippen molar-refractivity contribution in [1.82, 2.24) is 4.72 Å². The Kier molecular flexibility index (Phi) is 8.56. The highest BCUT2D eigenvalue weighted by molar-refractivity contribution is 7.88. The number of benzene rings is 1. The van der Waals surface area contributed by atoms with Gasteiger partial charge in [-0.25, -0.2) is 17.9 Å². The highest BCUT2D eigenvalue weighted by atomic mass is 32.2. The molecule has 0 saturated heterocycles. The van der Waals surface area contributed by atoms with E-state index in [9.17, 15) is 18.0 Å².